The molecule has 3 rings (SSSR count). The van der Waals surface area contributed by atoms with Gasteiger partial charge in [-0.3, -0.25) is 4.57 Å². The molecule has 21 heavy (non-hydrogen) atoms. The van der Waals surface area contributed by atoms with E-state index in [9.17, 15) is 4.39 Å². The van der Waals surface area contributed by atoms with Gasteiger partial charge in [0.15, 0.2) is 11.2 Å². The van der Waals surface area contributed by atoms with Gasteiger partial charge in [-0.2, -0.15) is 4.98 Å². The Morgan fingerprint density at radius 2 is 2.19 bits per heavy atom. The molecule has 2 aromatic heterocycles. The second-order valence-electron chi connectivity index (χ2n) is 4.15. The number of fused-ring (bicyclic) bond motifs is 1. The number of methoxy groups -OCH3 is 1. The molecule has 0 unspecified atom stereocenters. The minimum absolute atomic E-state index is 0.170. The smallest absolute Gasteiger partial charge is 0.245 e. The van der Waals surface area contributed by atoms with E-state index in [2.05, 4.69) is 30.9 Å². The van der Waals surface area contributed by atoms with Crippen molar-refractivity contribution in [1.29, 1.82) is 0 Å². The molecular weight excluding hydrogens is 363 g/mol. The largest absolute Gasteiger partial charge is 0.479 e. The van der Waals surface area contributed by atoms with Crippen LogP contribution in [0.5, 0.6) is 5.88 Å². The van der Waals surface area contributed by atoms with Crippen molar-refractivity contribution >= 4 is 38.7 Å². The van der Waals surface area contributed by atoms with E-state index in [1.807, 2.05) is 0 Å². The summed E-state index contributed by atoms with van der Waals surface area (Å²) >= 11 is 9.32. The zero-order chi connectivity index (χ0) is 15.0. The fourth-order valence-corrected chi connectivity index (χ4v) is 2.78. The summed E-state index contributed by atoms with van der Waals surface area (Å²) < 4.78 is 20.8. The van der Waals surface area contributed by atoms with Crippen molar-refractivity contribution in [2.24, 2.45) is 0 Å². The Labute approximate surface area is 132 Å². The number of imidazole rings is 1. The Morgan fingerprint density at radius 3 is 2.86 bits per heavy atom. The maximum atomic E-state index is 13.3. The molecule has 8 heteroatoms. The van der Waals surface area contributed by atoms with Gasteiger partial charge in [0.1, 0.15) is 18.0 Å². The topological polar surface area (TPSA) is 52.8 Å². The van der Waals surface area contributed by atoms with Gasteiger partial charge in [0.25, 0.3) is 0 Å². The summed E-state index contributed by atoms with van der Waals surface area (Å²) in [6.45, 7) is 0. The molecule has 0 saturated heterocycles. The predicted octanol–water partition coefficient (Wildman–Crippen LogP) is 3.46. The van der Waals surface area contributed by atoms with Crippen molar-refractivity contribution in [3.05, 3.63) is 40.6 Å². The lowest BCUT2D eigenvalue weighted by molar-refractivity contribution is 0.401. The van der Waals surface area contributed by atoms with E-state index in [4.69, 9.17) is 16.3 Å². The van der Waals surface area contributed by atoms with E-state index in [-0.39, 0.29) is 11.7 Å². The lowest BCUT2D eigenvalue weighted by atomic mass is 10.3. The highest BCUT2D eigenvalue weighted by Crippen LogP contribution is 2.30. The first-order valence-corrected chi connectivity index (χ1v) is 7.26. The Bertz CT molecular complexity index is 823. The molecule has 108 valence electrons. The molecule has 0 saturated carbocycles. The van der Waals surface area contributed by atoms with E-state index < -0.39 is 0 Å². The summed E-state index contributed by atoms with van der Waals surface area (Å²) in [4.78, 5) is 12.7. The van der Waals surface area contributed by atoms with Gasteiger partial charge in [-0.15, -0.1) is 11.6 Å². The van der Waals surface area contributed by atoms with Gasteiger partial charge in [-0.05, 0) is 34.1 Å². The van der Waals surface area contributed by atoms with E-state index in [0.29, 0.717) is 33.0 Å². The van der Waals surface area contributed by atoms with Crippen LogP contribution in [0.25, 0.3) is 16.9 Å². The Balaban J connectivity index is 2.35. The highest BCUT2D eigenvalue weighted by Gasteiger charge is 2.18. The van der Waals surface area contributed by atoms with Crippen LogP contribution in [0.1, 0.15) is 5.82 Å². The van der Waals surface area contributed by atoms with Gasteiger partial charge < -0.3 is 4.74 Å². The standard InChI is InChI=1S/C13H9BrClFN4O/c1-21-13-11-12(17-6-18-13)20(10(5-15)19-11)9-3-2-7(16)4-8(9)14/h2-4,6H,5H2,1H3. The summed E-state index contributed by atoms with van der Waals surface area (Å²) in [5.74, 6) is 0.763. The first-order chi connectivity index (χ1) is 10.2. The van der Waals surface area contributed by atoms with Crippen LogP contribution in [0, 0.1) is 5.82 Å². The molecule has 0 amide bonds. The van der Waals surface area contributed by atoms with Gasteiger partial charge in [-0.1, -0.05) is 0 Å². The first kappa shape index (κ1) is 14.2. The summed E-state index contributed by atoms with van der Waals surface area (Å²) in [7, 11) is 1.51. The highest BCUT2D eigenvalue weighted by atomic mass is 79.9. The van der Waals surface area contributed by atoms with Gasteiger partial charge in [0.2, 0.25) is 5.88 Å². The fourth-order valence-electron chi connectivity index (χ4n) is 2.07. The summed E-state index contributed by atoms with van der Waals surface area (Å²) in [5, 5.41) is 0. The second kappa shape index (κ2) is 5.57. The molecule has 0 radical (unpaired) electrons. The van der Waals surface area contributed by atoms with Crippen LogP contribution in [-0.2, 0) is 5.88 Å². The number of benzene rings is 1. The number of alkyl halides is 1. The molecule has 0 aliphatic heterocycles. The molecule has 3 aromatic rings. The van der Waals surface area contributed by atoms with Crippen LogP contribution in [0.3, 0.4) is 0 Å². The zero-order valence-corrected chi connectivity index (χ0v) is 13.2. The first-order valence-electron chi connectivity index (χ1n) is 5.93. The van der Waals surface area contributed by atoms with Crippen molar-refractivity contribution in [3.8, 4) is 11.6 Å². The average molecular weight is 372 g/mol. The van der Waals surface area contributed by atoms with E-state index in [1.54, 1.807) is 10.6 Å². The minimum atomic E-state index is -0.338. The molecule has 0 fully saturated rings. The quantitative estimate of drug-likeness (QED) is 0.662. The van der Waals surface area contributed by atoms with Gasteiger partial charge in [0, 0.05) is 4.47 Å². The number of halogens is 3. The van der Waals surface area contributed by atoms with Crippen molar-refractivity contribution in [3.63, 3.8) is 0 Å². The molecule has 2 heterocycles. The van der Waals surface area contributed by atoms with Crippen molar-refractivity contribution < 1.29 is 9.13 Å². The monoisotopic (exact) mass is 370 g/mol. The molecule has 0 spiro atoms. The molecule has 1 aromatic carbocycles. The SMILES string of the molecule is COc1ncnc2c1nc(CCl)n2-c1ccc(F)cc1Br. The van der Waals surface area contributed by atoms with Crippen LogP contribution >= 0.6 is 27.5 Å². The molecule has 0 aliphatic rings. The number of hydrogen-bond donors (Lipinski definition) is 0. The summed E-state index contributed by atoms with van der Waals surface area (Å²) in [5.41, 5.74) is 1.74. The summed E-state index contributed by atoms with van der Waals surface area (Å²) in [6.07, 6.45) is 1.38. The van der Waals surface area contributed by atoms with Crippen molar-refractivity contribution in [2.45, 2.75) is 5.88 Å². The van der Waals surface area contributed by atoms with Crippen molar-refractivity contribution in [1.82, 2.24) is 19.5 Å². The predicted molar refractivity (Wildman–Crippen MR) is 80.4 cm³/mol. The van der Waals surface area contributed by atoms with Gasteiger partial charge >= 0.3 is 0 Å². The van der Waals surface area contributed by atoms with E-state index >= 15 is 0 Å². The number of aromatic nitrogens is 4. The fraction of sp³-hybridized carbons (Fsp3) is 0.154. The molecule has 0 bridgehead atoms. The Kier molecular flexibility index (Phi) is 3.77. The normalized spacial score (nSPS) is 11.0. The number of hydrogen-bond acceptors (Lipinski definition) is 4. The third-order valence-corrected chi connectivity index (χ3v) is 3.82. The average Bonchev–Trinajstić information content (AvgIpc) is 2.85. The zero-order valence-electron chi connectivity index (χ0n) is 10.8. The maximum absolute atomic E-state index is 13.3. The van der Waals surface area contributed by atoms with Crippen LogP contribution in [0.2, 0.25) is 0 Å². The lowest BCUT2D eigenvalue weighted by Gasteiger charge is -2.09. The molecular formula is C13H9BrClFN4O. The van der Waals surface area contributed by atoms with Gasteiger partial charge in [-0.25, -0.2) is 14.4 Å². The molecule has 0 atom stereocenters. The van der Waals surface area contributed by atoms with Crippen LogP contribution in [0.15, 0.2) is 29.0 Å². The van der Waals surface area contributed by atoms with Crippen LogP contribution in [0.4, 0.5) is 4.39 Å². The molecule has 5 nitrogen and oxygen atoms in total. The lowest BCUT2D eigenvalue weighted by Crippen LogP contribution is -2.02. The maximum Gasteiger partial charge on any atom is 0.245 e. The minimum Gasteiger partial charge on any atom is -0.479 e. The highest BCUT2D eigenvalue weighted by molar-refractivity contribution is 9.10. The Hall–Kier alpha value is -1.73. The number of rotatable bonds is 3. The van der Waals surface area contributed by atoms with Gasteiger partial charge in [0.05, 0.1) is 18.7 Å². The van der Waals surface area contributed by atoms with Crippen LogP contribution < -0.4 is 4.74 Å². The molecule has 0 aliphatic carbocycles. The number of nitrogens with zero attached hydrogens (tertiary/aromatic N) is 4. The van der Waals surface area contributed by atoms with E-state index in [1.165, 1.54) is 25.6 Å². The number of ether oxygens (including phenoxy) is 1. The van der Waals surface area contributed by atoms with Crippen LogP contribution in [-0.4, -0.2) is 26.6 Å². The molecule has 0 N–H and O–H groups in total. The third-order valence-electron chi connectivity index (χ3n) is 2.94. The second-order valence-corrected chi connectivity index (χ2v) is 5.27. The Morgan fingerprint density at radius 1 is 1.38 bits per heavy atom. The van der Waals surface area contributed by atoms with E-state index in [0.717, 1.165) is 0 Å². The van der Waals surface area contributed by atoms with Crippen molar-refractivity contribution in [2.75, 3.05) is 7.11 Å². The third kappa shape index (κ3) is 2.36. The summed E-state index contributed by atoms with van der Waals surface area (Å²) in [6, 6.07) is 4.37.